The third-order valence-electron chi connectivity index (χ3n) is 3.35. The molecule has 2 N–H and O–H groups in total. The molecule has 0 aliphatic carbocycles. The molecule has 2 rings (SSSR count). The third-order valence-corrected chi connectivity index (χ3v) is 3.35. The molecule has 0 aromatic heterocycles. The van der Waals surface area contributed by atoms with E-state index in [9.17, 15) is 0 Å². The molecule has 3 heteroatoms. The van der Waals surface area contributed by atoms with Crippen molar-refractivity contribution < 1.29 is 0 Å². The summed E-state index contributed by atoms with van der Waals surface area (Å²) < 4.78 is 0. The van der Waals surface area contributed by atoms with Crippen LogP contribution in [0.4, 0.5) is 0 Å². The van der Waals surface area contributed by atoms with Gasteiger partial charge in [-0.3, -0.25) is 4.90 Å². The lowest BCUT2D eigenvalue weighted by atomic mass is 9.89. The van der Waals surface area contributed by atoms with E-state index in [1.54, 1.807) is 0 Å². The quantitative estimate of drug-likeness (QED) is 0.541. The van der Waals surface area contributed by atoms with Crippen molar-refractivity contribution in [3.05, 3.63) is 0 Å². The second kappa shape index (κ2) is 2.98. The molecule has 0 aromatic carbocycles. The Hall–Kier alpha value is -0.120. The molecule has 2 aliphatic heterocycles. The van der Waals surface area contributed by atoms with Gasteiger partial charge in [0.05, 0.1) is 0 Å². The summed E-state index contributed by atoms with van der Waals surface area (Å²) in [5.41, 5.74) is 5.99. The number of piperazine rings is 1. The highest BCUT2D eigenvalue weighted by molar-refractivity contribution is 4.94. The van der Waals surface area contributed by atoms with E-state index in [4.69, 9.17) is 5.73 Å². The summed E-state index contributed by atoms with van der Waals surface area (Å²) in [4.78, 5) is 4.95. The summed E-state index contributed by atoms with van der Waals surface area (Å²) in [6, 6.07) is 1.86. The zero-order valence-corrected chi connectivity index (χ0v) is 8.03. The zero-order chi connectivity index (χ0) is 8.72. The molecular formula is C9H19N3. The molecule has 2 unspecified atom stereocenters. The van der Waals surface area contributed by atoms with E-state index in [0.29, 0.717) is 18.1 Å². The number of likely N-dealkylation sites (N-methyl/N-ethyl adjacent to an activating group) is 2. The molecule has 2 atom stereocenters. The smallest absolute Gasteiger partial charge is 0.0238 e. The van der Waals surface area contributed by atoms with Gasteiger partial charge in [0.1, 0.15) is 0 Å². The van der Waals surface area contributed by atoms with E-state index in [1.165, 1.54) is 25.9 Å². The maximum Gasteiger partial charge on any atom is 0.0238 e. The lowest BCUT2D eigenvalue weighted by molar-refractivity contribution is 0.0141. The van der Waals surface area contributed by atoms with Crippen molar-refractivity contribution in [1.29, 1.82) is 0 Å². The van der Waals surface area contributed by atoms with Gasteiger partial charge in [-0.15, -0.1) is 0 Å². The summed E-state index contributed by atoms with van der Waals surface area (Å²) in [7, 11) is 4.46. The van der Waals surface area contributed by atoms with E-state index in [2.05, 4.69) is 23.9 Å². The minimum Gasteiger partial charge on any atom is -0.328 e. The van der Waals surface area contributed by atoms with Gasteiger partial charge in [0, 0.05) is 31.2 Å². The first-order valence-corrected chi connectivity index (χ1v) is 4.83. The number of hydrogen-bond acceptors (Lipinski definition) is 3. The number of fused-ring (bicyclic) bond motifs is 2. The normalized spacial score (nSPS) is 44.8. The van der Waals surface area contributed by atoms with Crippen molar-refractivity contribution in [2.45, 2.75) is 31.0 Å². The van der Waals surface area contributed by atoms with Crippen LogP contribution >= 0.6 is 0 Å². The van der Waals surface area contributed by atoms with Crippen LogP contribution in [0.1, 0.15) is 12.8 Å². The average molecular weight is 169 g/mol. The van der Waals surface area contributed by atoms with Gasteiger partial charge >= 0.3 is 0 Å². The largest absolute Gasteiger partial charge is 0.328 e. The van der Waals surface area contributed by atoms with Crippen LogP contribution in [0, 0.1) is 0 Å². The highest BCUT2D eigenvalue weighted by Gasteiger charge is 2.36. The molecule has 2 saturated heterocycles. The Balaban J connectivity index is 2.08. The van der Waals surface area contributed by atoms with E-state index < -0.39 is 0 Å². The van der Waals surface area contributed by atoms with Crippen molar-refractivity contribution in [2.24, 2.45) is 5.73 Å². The lowest BCUT2D eigenvalue weighted by Crippen LogP contribution is -2.62. The van der Waals surface area contributed by atoms with Crippen molar-refractivity contribution in [1.82, 2.24) is 9.80 Å². The second-order valence-electron chi connectivity index (χ2n) is 4.43. The number of nitrogens with two attached hydrogens (primary N) is 1. The Morgan fingerprint density at radius 1 is 1.08 bits per heavy atom. The minimum atomic E-state index is 0.449. The standard InChI is InChI=1S/C9H19N3/c1-11-5-8-3-7(10)4-9(6-11)12(8)2/h7-9H,3-6,10H2,1-2H3. The van der Waals surface area contributed by atoms with Crippen molar-refractivity contribution in [3.63, 3.8) is 0 Å². The number of rotatable bonds is 0. The van der Waals surface area contributed by atoms with Gasteiger partial charge in [0.15, 0.2) is 0 Å². The predicted molar refractivity (Wildman–Crippen MR) is 50.0 cm³/mol. The molecule has 0 amide bonds. The van der Waals surface area contributed by atoms with Crippen LogP contribution in [0.25, 0.3) is 0 Å². The fourth-order valence-electron chi connectivity index (χ4n) is 2.63. The Morgan fingerprint density at radius 2 is 1.58 bits per heavy atom. The number of piperidine rings is 1. The highest BCUT2D eigenvalue weighted by Crippen LogP contribution is 2.25. The zero-order valence-electron chi connectivity index (χ0n) is 8.03. The van der Waals surface area contributed by atoms with Crippen LogP contribution in [-0.2, 0) is 0 Å². The van der Waals surface area contributed by atoms with Gasteiger partial charge in [-0.1, -0.05) is 0 Å². The van der Waals surface area contributed by atoms with E-state index in [-0.39, 0.29) is 0 Å². The van der Waals surface area contributed by atoms with Gasteiger partial charge in [-0.25, -0.2) is 0 Å². The van der Waals surface area contributed by atoms with Gasteiger partial charge in [0.2, 0.25) is 0 Å². The van der Waals surface area contributed by atoms with Crippen LogP contribution in [0.2, 0.25) is 0 Å². The third kappa shape index (κ3) is 1.37. The summed E-state index contributed by atoms with van der Waals surface area (Å²) in [6.07, 6.45) is 2.36. The topological polar surface area (TPSA) is 32.5 Å². The maximum absolute atomic E-state index is 5.99. The number of likely N-dealkylation sites (tertiary alicyclic amines) is 1. The molecule has 2 fully saturated rings. The Labute approximate surface area is 74.5 Å². The van der Waals surface area contributed by atoms with Crippen LogP contribution in [0.15, 0.2) is 0 Å². The maximum atomic E-state index is 5.99. The Bertz CT molecular complexity index is 141. The monoisotopic (exact) mass is 169 g/mol. The van der Waals surface area contributed by atoms with Gasteiger partial charge < -0.3 is 10.6 Å². The van der Waals surface area contributed by atoms with Crippen LogP contribution in [-0.4, -0.2) is 55.1 Å². The molecule has 0 aromatic rings. The molecule has 2 bridgehead atoms. The first kappa shape index (κ1) is 8.48. The molecule has 2 aliphatic rings. The molecule has 3 nitrogen and oxygen atoms in total. The summed E-state index contributed by atoms with van der Waals surface area (Å²) in [5, 5.41) is 0. The van der Waals surface area contributed by atoms with E-state index in [1.807, 2.05) is 0 Å². The first-order valence-electron chi connectivity index (χ1n) is 4.83. The molecule has 2 heterocycles. The molecule has 0 spiro atoms. The number of hydrogen-bond donors (Lipinski definition) is 1. The van der Waals surface area contributed by atoms with Crippen LogP contribution < -0.4 is 5.73 Å². The SMILES string of the molecule is CN1CC2CC(N)CC(C1)N2C. The predicted octanol–water partition coefficient (Wildman–Crippen LogP) is -0.278. The summed E-state index contributed by atoms with van der Waals surface area (Å²) in [5.74, 6) is 0. The highest BCUT2D eigenvalue weighted by atomic mass is 15.3. The molecular weight excluding hydrogens is 150 g/mol. The van der Waals surface area contributed by atoms with Gasteiger partial charge in [-0.05, 0) is 26.9 Å². The van der Waals surface area contributed by atoms with Crippen molar-refractivity contribution in [2.75, 3.05) is 27.2 Å². The average Bonchev–Trinajstić information content (AvgIpc) is 1.94. The molecule has 0 saturated carbocycles. The number of nitrogens with zero attached hydrogens (tertiary/aromatic N) is 2. The second-order valence-corrected chi connectivity index (χ2v) is 4.43. The van der Waals surface area contributed by atoms with Crippen molar-refractivity contribution >= 4 is 0 Å². The van der Waals surface area contributed by atoms with Gasteiger partial charge in [0.25, 0.3) is 0 Å². The molecule has 12 heavy (non-hydrogen) atoms. The fourth-order valence-corrected chi connectivity index (χ4v) is 2.63. The first-order chi connectivity index (χ1) is 5.66. The van der Waals surface area contributed by atoms with Gasteiger partial charge in [-0.2, -0.15) is 0 Å². The van der Waals surface area contributed by atoms with E-state index in [0.717, 1.165) is 0 Å². The summed E-state index contributed by atoms with van der Waals surface area (Å²) >= 11 is 0. The fraction of sp³-hybridized carbons (Fsp3) is 1.00. The summed E-state index contributed by atoms with van der Waals surface area (Å²) in [6.45, 7) is 2.39. The van der Waals surface area contributed by atoms with Crippen molar-refractivity contribution in [3.8, 4) is 0 Å². The molecule has 0 radical (unpaired) electrons. The Morgan fingerprint density at radius 3 is 2.08 bits per heavy atom. The minimum absolute atomic E-state index is 0.449. The lowest BCUT2D eigenvalue weighted by Gasteiger charge is -2.49. The van der Waals surface area contributed by atoms with Crippen LogP contribution in [0.3, 0.4) is 0 Å². The molecule has 70 valence electrons. The van der Waals surface area contributed by atoms with E-state index >= 15 is 0 Å². The Kier molecular flexibility index (Phi) is 2.10. The van der Waals surface area contributed by atoms with Crippen LogP contribution in [0.5, 0.6) is 0 Å².